The van der Waals surface area contributed by atoms with Crippen molar-refractivity contribution in [1.82, 2.24) is 10.3 Å². The minimum absolute atomic E-state index is 0.0185. The van der Waals surface area contributed by atoms with Crippen LogP contribution in [-0.4, -0.2) is 29.3 Å². The van der Waals surface area contributed by atoms with Crippen LogP contribution in [0.5, 0.6) is 0 Å². The second-order valence-corrected chi connectivity index (χ2v) is 10.00. The van der Waals surface area contributed by atoms with Crippen molar-refractivity contribution in [2.24, 2.45) is 21.8 Å². The third kappa shape index (κ3) is 3.36. The number of halogens is 1. The first-order chi connectivity index (χ1) is 13.8. The Hall–Kier alpha value is -1.91. The van der Waals surface area contributed by atoms with E-state index in [1.165, 1.54) is 18.9 Å². The Kier molecular flexibility index (Phi) is 5.20. The first-order valence-corrected chi connectivity index (χ1v) is 11.2. The summed E-state index contributed by atoms with van der Waals surface area (Å²) < 4.78 is 13.8. The summed E-state index contributed by atoms with van der Waals surface area (Å²) >= 11 is 0. The maximum atomic E-state index is 13.8. The fourth-order valence-electron chi connectivity index (χ4n) is 5.92. The van der Waals surface area contributed by atoms with Crippen molar-refractivity contribution in [3.63, 3.8) is 0 Å². The van der Waals surface area contributed by atoms with Crippen LogP contribution in [-0.2, 0) is 0 Å². The van der Waals surface area contributed by atoms with Gasteiger partial charge in [-0.3, -0.25) is 0 Å². The van der Waals surface area contributed by atoms with Gasteiger partial charge in [-0.15, -0.1) is 0 Å². The van der Waals surface area contributed by atoms with Gasteiger partial charge in [0.2, 0.25) is 0 Å². The summed E-state index contributed by atoms with van der Waals surface area (Å²) in [6, 6.07) is 6.81. The lowest BCUT2D eigenvalue weighted by molar-refractivity contribution is 0.118. The molecule has 0 saturated heterocycles. The lowest BCUT2D eigenvalue weighted by Crippen LogP contribution is -2.50. The number of benzene rings is 1. The molecule has 5 heteroatoms. The SMILES string of the molecule is CCCCC1=NN(C(=O)N[C@H]2C[C@H]3CC[C@]2(C)C3(C)C)CC1c1cccc(F)c1. The fraction of sp³-hybridized carbons (Fsp3) is 0.667. The number of unbranched alkanes of at least 4 members (excludes halogenated alkanes) is 1. The molecule has 0 radical (unpaired) electrons. The van der Waals surface area contributed by atoms with E-state index in [1.54, 1.807) is 17.1 Å². The highest BCUT2D eigenvalue weighted by Crippen LogP contribution is 2.65. The maximum absolute atomic E-state index is 13.8. The molecule has 1 aromatic rings. The average Bonchev–Trinajstić information content (AvgIpc) is 3.26. The fourth-order valence-corrected chi connectivity index (χ4v) is 5.92. The smallest absolute Gasteiger partial charge is 0.333 e. The first kappa shape index (κ1) is 20.4. The lowest BCUT2D eigenvalue weighted by atomic mass is 9.69. The molecule has 1 aliphatic heterocycles. The molecule has 2 amide bonds. The molecule has 4 nitrogen and oxygen atoms in total. The van der Waals surface area contributed by atoms with E-state index >= 15 is 0 Å². The standard InChI is InChI=1S/C24H34FN3O/c1-5-6-10-20-19(16-8-7-9-18(25)13-16)15-28(27-20)22(29)26-21-14-17-11-12-24(21,4)23(17,2)3/h7-9,13,17,19,21H,5-6,10-12,14-15H2,1-4H3,(H,26,29)/t17-,19?,21+,24+/m1/s1. The van der Waals surface area contributed by atoms with E-state index in [2.05, 4.69) is 33.0 Å². The molecule has 2 bridgehead atoms. The number of hydrogen-bond acceptors (Lipinski definition) is 2. The molecule has 2 aliphatic carbocycles. The zero-order valence-electron chi connectivity index (χ0n) is 18.2. The predicted molar refractivity (Wildman–Crippen MR) is 114 cm³/mol. The zero-order valence-corrected chi connectivity index (χ0v) is 18.2. The van der Waals surface area contributed by atoms with E-state index in [0.29, 0.717) is 12.5 Å². The summed E-state index contributed by atoms with van der Waals surface area (Å²) in [7, 11) is 0. The summed E-state index contributed by atoms with van der Waals surface area (Å²) in [5.41, 5.74) is 2.30. The number of urea groups is 1. The zero-order chi connectivity index (χ0) is 20.8. The molecule has 1 aromatic carbocycles. The molecular formula is C24H34FN3O. The van der Waals surface area contributed by atoms with Crippen LogP contribution in [0.2, 0.25) is 0 Å². The third-order valence-electron chi connectivity index (χ3n) is 8.37. The number of amides is 2. The molecule has 4 atom stereocenters. The van der Waals surface area contributed by atoms with Crippen LogP contribution < -0.4 is 5.32 Å². The minimum atomic E-state index is -0.239. The quantitative estimate of drug-likeness (QED) is 0.679. The molecular weight excluding hydrogens is 365 g/mol. The van der Waals surface area contributed by atoms with Gasteiger partial charge in [0.1, 0.15) is 5.82 Å². The summed E-state index contributed by atoms with van der Waals surface area (Å²) in [4.78, 5) is 13.1. The van der Waals surface area contributed by atoms with Gasteiger partial charge in [-0.05, 0) is 66.5 Å². The van der Waals surface area contributed by atoms with Gasteiger partial charge in [-0.25, -0.2) is 14.2 Å². The van der Waals surface area contributed by atoms with Crippen LogP contribution in [0, 0.1) is 22.6 Å². The number of nitrogens with one attached hydrogen (secondary N) is 1. The van der Waals surface area contributed by atoms with Gasteiger partial charge in [-0.2, -0.15) is 5.10 Å². The van der Waals surface area contributed by atoms with Crippen LogP contribution in [0.4, 0.5) is 9.18 Å². The van der Waals surface area contributed by atoms with Gasteiger partial charge < -0.3 is 5.32 Å². The van der Waals surface area contributed by atoms with Gasteiger partial charge in [0.25, 0.3) is 0 Å². The van der Waals surface area contributed by atoms with Gasteiger partial charge >= 0.3 is 6.03 Å². The van der Waals surface area contributed by atoms with E-state index < -0.39 is 0 Å². The average molecular weight is 400 g/mol. The molecule has 1 unspecified atom stereocenters. The number of hydrogen-bond donors (Lipinski definition) is 1. The molecule has 1 heterocycles. The second-order valence-electron chi connectivity index (χ2n) is 10.00. The number of hydrazone groups is 1. The molecule has 0 spiro atoms. The lowest BCUT2D eigenvalue weighted by Gasteiger charge is -2.39. The molecule has 1 N–H and O–H groups in total. The number of nitrogens with zero attached hydrogens (tertiary/aromatic N) is 2. The van der Waals surface area contributed by atoms with Gasteiger partial charge in [-0.1, -0.05) is 46.2 Å². The monoisotopic (exact) mass is 399 g/mol. The molecule has 158 valence electrons. The van der Waals surface area contributed by atoms with Crippen molar-refractivity contribution >= 4 is 11.7 Å². The van der Waals surface area contributed by atoms with Crippen molar-refractivity contribution in [2.75, 3.05) is 6.54 Å². The summed E-state index contributed by atoms with van der Waals surface area (Å²) in [6.07, 6.45) is 6.43. The molecule has 29 heavy (non-hydrogen) atoms. The van der Waals surface area contributed by atoms with Crippen molar-refractivity contribution in [3.8, 4) is 0 Å². The Morgan fingerprint density at radius 1 is 1.34 bits per heavy atom. The molecule has 4 rings (SSSR count). The maximum Gasteiger partial charge on any atom is 0.338 e. The van der Waals surface area contributed by atoms with Crippen LogP contribution in [0.25, 0.3) is 0 Å². The van der Waals surface area contributed by atoms with E-state index in [1.807, 2.05) is 6.07 Å². The van der Waals surface area contributed by atoms with Crippen molar-refractivity contribution < 1.29 is 9.18 Å². The number of carbonyl (C=O) groups excluding carboxylic acids is 1. The largest absolute Gasteiger partial charge is 0.338 e. The Morgan fingerprint density at radius 2 is 2.14 bits per heavy atom. The van der Waals surface area contributed by atoms with Crippen LogP contribution in [0.3, 0.4) is 0 Å². The van der Waals surface area contributed by atoms with Gasteiger partial charge in [0.05, 0.1) is 6.54 Å². The van der Waals surface area contributed by atoms with Crippen LogP contribution >= 0.6 is 0 Å². The third-order valence-corrected chi connectivity index (χ3v) is 8.37. The predicted octanol–water partition coefficient (Wildman–Crippen LogP) is 5.70. The normalized spacial score (nSPS) is 32.5. The molecule has 3 aliphatic rings. The number of fused-ring (bicyclic) bond motifs is 2. The van der Waals surface area contributed by atoms with Gasteiger partial charge in [0, 0.05) is 17.7 Å². The Labute approximate surface area is 173 Å². The molecule has 2 saturated carbocycles. The first-order valence-electron chi connectivity index (χ1n) is 11.2. The summed E-state index contributed by atoms with van der Waals surface area (Å²) in [5, 5.41) is 9.59. The molecule has 2 fully saturated rings. The van der Waals surface area contributed by atoms with Crippen molar-refractivity contribution in [3.05, 3.63) is 35.6 Å². The Balaban J connectivity index is 1.50. The van der Waals surface area contributed by atoms with E-state index in [4.69, 9.17) is 5.10 Å². The van der Waals surface area contributed by atoms with E-state index in [9.17, 15) is 9.18 Å². The Morgan fingerprint density at radius 3 is 2.76 bits per heavy atom. The van der Waals surface area contributed by atoms with E-state index in [-0.39, 0.29) is 34.6 Å². The van der Waals surface area contributed by atoms with E-state index in [0.717, 1.165) is 37.0 Å². The Bertz CT molecular complexity index is 820. The topological polar surface area (TPSA) is 44.7 Å². The summed E-state index contributed by atoms with van der Waals surface area (Å²) in [6.45, 7) is 9.68. The number of rotatable bonds is 5. The highest BCUT2D eigenvalue weighted by atomic mass is 19.1. The second kappa shape index (κ2) is 7.41. The minimum Gasteiger partial charge on any atom is -0.333 e. The number of carbonyl (C=O) groups is 1. The highest BCUT2D eigenvalue weighted by molar-refractivity contribution is 5.94. The highest BCUT2D eigenvalue weighted by Gasteiger charge is 2.61. The summed E-state index contributed by atoms with van der Waals surface area (Å²) in [5.74, 6) is 0.424. The molecule has 0 aromatic heterocycles. The van der Waals surface area contributed by atoms with Crippen LogP contribution in [0.1, 0.15) is 77.7 Å². The van der Waals surface area contributed by atoms with Crippen molar-refractivity contribution in [2.45, 2.75) is 78.2 Å². The van der Waals surface area contributed by atoms with Gasteiger partial charge in [0.15, 0.2) is 0 Å². The van der Waals surface area contributed by atoms with Crippen LogP contribution in [0.15, 0.2) is 29.4 Å². The van der Waals surface area contributed by atoms with Crippen molar-refractivity contribution in [1.29, 1.82) is 0 Å².